The van der Waals surface area contributed by atoms with Gasteiger partial charge in [-0.1, -0.05) is 0 Å². The molecule has 1 aromatic heterocycles. The monoisotopic (exact) mass is 178 g/mol. The van der Waals surface area contributed by atoms with Crippen molar-refractivity contribution in [1.82, 2.24) is 0 Å². The Kier molecular flexibility index (Phi) is 2.17. The van der Waals surface area contributed by atoms with Crippen molar-refractivity contribution >= 4 is 5.78 Å². The first-order valence-corrected chi connectivity index (χ1v) is 4.27. The summed E-state index contributed by atoms with van der Waals surface area (Å²) in [5.74, 6) is 0.321. The Labute approximate surface area is 76.0 Å². The number of rotatable bonds is 2. The van der Waals surface area contributed by atoms with Crippen molar-refractivity contribution in [3.8, 4) is 0 Å². The fourth-order valence-corrected chi connectivity index (χ4v) is 1.30. The standard InChI is InChI=1S/C10H10O3/c11-10(9-4-2-6-13-9)8-3-1-5-12-7-8/h2,4,6-7H,1,3,5H2. The van der Waals surface area contributed by atoms with E-state index in [9.17, 15) is 4.79 Å². The second kappa shape index (κ2) is 3.47. The molecule has 3 heteroatoms. The minimum absolute atomic E-state index is 0.0651. The van der Waals surface area contributed by atoms with Crippen molar-refractivity contribution in [1.29, 1.82) is 0 Å². The summed E-state index contributed by atoms with van der Waals surface area (Å²) in [6.45, 7) is 0.703. The van der Waals surface area contributed by atoms with Crippen LogP contribution in [0.4, 0.5) is 0 Å². The fourth-order valence-electron chi connectivity index (χ4n) is 1.30. The summed E-state index contributed by atoms with van der Waals surface area (Å²) in [6, 6.07) is 3.37. The third kappa shape index (κ3) is 1.64. The van der Waals surface area contributed by atoms with E-state index in [2.05, 4.69) is 0 Å². The van der Waals surface area contributed by atoms with E-state index >= 15 is 0 Å². The van der Waals surface area contributed by atoms with Crippen LogP contribution in [0.5, 0.6) is 0 Å². The summed E-state index contributed by atoms with van der Waals surface area (Å²) in [7, 11) is 0. The van der Waals surface area contributed by atoms with Crippen LogP contribution in [0.3, 0.4) is 0 Å². The average Bonchev–Trinajstić information content (AvgIpc) is 2.71. The van der Waals surface area contributed by atoms with E-state index in [0.29, 0.717) is 17.9 Å². The lowest BCUT2D eigenvalue weighted by Gasteiger charge is -2.10. The summed E-state index contributed by atoms with van der Waals surface area (Å²) in [5, 5.41) is 0. The van der Waals surface area contributed by atoms with Gasteiger partial charge in [0.05, 0.1) is 19.1 Å². The molecule has 0 atom stereocenters. The molecule has 0 fully saturated rings. The van der Waals surface area contributed by atoms with E-state index in [1.807, 2.05) is 0 Å². The molecule has 0 amide bonds. The van der Waals surface area contributed by atoms with Crippen LogP contribution in [-0.2, 0) is 4.74 Å². The van der Waals surface area contributed by atoms with Crippen LogP contribution < -0.4 is 0 Å². The summed E-state index contributed by atoms with van der Waals surface area (Å²) < 4.78 is 10.1. The summed E-state index contributed by atoms with van der Waals surface area (Å²) >= 11 is 0. The number of furan rings is 1. The molecule has 1 aliphatic heterocycles. The summed E-state index contributed by atoms with van der Waals surface area (Å²) in [4.78, 5) is 11.6. The van der Waals surface area contributed by atoms with Gasteiger partial charge in [0.1, 0.15) is 0 Å². The van der Waals surface area contributed by atoms with E-state index in [-0.39, 0.29) is 5.78 Å². The molecule has 0 saturated heterocycles. The predicted octanol–water partition coefficient (Wildman–Crippen LogP) is 2.16. The normalized spacial score (nSPS) is 16.2. The van der Waals surface area contributed by atoms with Gasteiger partial charge in [-0.15, -0.1) is 0 Å². The predicted molar refractivity (Wildman–Crippen MR) is 46.3 cm³/mol. The van der Waals surface area contributed by atoms with E-state index in [1.165, 1.54) is 12.5 Å². The van der Waals surface area contributed by atoms with Crippen LogP contribution in [0.2, 0.25) is 0 Å². The molecule has 68 valence electrons. The van der Waals surface area contributed by atoms with Gasteiger partial charge in [0.15, 0.2) is 5.76 Å². The van der Waals surface area contributed by atoms with Gasteiger partial charge in [0.2, 0.25) is 5.78 Å². The molecule has 0 saturated carbocycles. The zero-order valence-corrected chi connectivity index (χ0v) is 7.16. The number of hydrogen-bond acceptors (Lipinski definition) is 3. The zero-order valence-electron chi connectivity index (χ0n) is 7.16. The number of allylic oxidation sites excluding steroid dienone is 1. The molecular formula is C10H10O3. The third-order valence-corrected chi connectivity index (χ3v) is 1.97. The topological polar surface area (TPSA) is 39.4 Å². The highest BCUT2D eigenvalue weighted by atomic mass is 16.5. The number of carbonyl (C=O) groups is 1. The lowest BCUT2D eigenvalue weighted by Crippen LogP contribution is -2.08. The Hall–Kier alpha value is -1.51. The average molecular weight is 178 g/mol. The first kappa shape index (κ1) is 8.10. The van der Waals surface area contributed by atoms with Crippen LogP contribution in [0.15, 0.2) is 34.6 Å². The number of ketones is 1. The second-order valence-electron chi connectivity index (χ2n) is 2.92. The highest BCUT2D eigenvalue weighted by Gasteiger charge is 2.17. The minimum atomic E-state index is -0.0651. The van der Waals surface area contributed by atoms with Crippen molar-refractivity contribution in [3.63, 3.8) is 0 Å². The van der Waals surface area contributed by atoms with Crippen LogP contribution in [0.1, 0.15) is 23.4 Å². The maximum Gasteiger partial charge on any atom is 0.227 e. The maximum atomic E-state index is 11.6. The van der Waals surface area contributed by atoms with Gasteiger partial charge in [0, 0.05) is 5.57 Å². The molecule has 0 aromatic carbocycles. The Morgan fingerprint density at radius 1 is 1.46 bits per heavy atom. The first-order valence-electron chi connectivity index (χ1n) is 4.27. The second-order valence-corrected chi connectivity index (χ2v) is 2.92. The Bertz CT molecular complexity index is 322. The highest BCUT2D eigenvalue weighted by molar-refractivity contribution is 6.06. The molecule has 0 bridgehead atoms. The van der Waals surface area contributed by atoms with E-state index in [1.54, 1.807) is 12.1 Å². The number of ether oxygens (including phenoxy) is 1. The van der Waals surface area contributed by atoms with Crippen LogP contribution in [-0.4, -0.2) is 12.4 Å². The van der Waals surface area contributed by atoms with Gasteiger partial charge in [-0.2, -0.15) is 0 Å². The fraction of sp³-hybridized carbons (Fsp3) is 0.300. The zero-order chi connectivity index (χ0) is 9.10. The number of hydrogen-bond donors (Lipinski definition) is 0. The molecule has 0 radical (unpaired) electrons. The van der Waals surface area contributed by atoms with Crippen molar-refractivity contribution in [3.05, 3.63) is 36.0 Å². The van der Waals surface area contributed by atoms with Crippen molar-refractivity contribution in [2.75, 3.05) is 6.61 Å². The molecule has 3 nitrogen and oxygen atoms in total. The molecule has 0 N–H and O–H groups in total. The molecule has 1 aliphatic rings. The molecular weight excluding hydrogens is 168 g/mol. The smallest absolute Gasteiger partial charge is 0.227 e. The minimum Gasteiger partial charge on any atom is -0.501 e. The highest BCUT2D eigenvalue weighted by Crippen LogP contribution is 2.17. The number of Topliss-reactive ketones (excluding diaryl/α,β-unsaturated/α-hetero) is 1. The van der Waals surface area contributed by atoms with Crippen molar-refractivity contribution < 1.29 is 13.9 Å². The Balaban J connectivity index is 2.17. The SMILES string of the molecule is O=C(C1=COCCC1)c1ccco1. The van der Waals surface area contributed by atoms with E-state index in [0.717, 1.165) is 12.8 Å². The van der Waals surface area contributed by atoms with Gasteiger partial charge < -0.3 is 9.15 Å². The molecule has 0 spiro atoms. The quantitative estimate of drug-likeness (QED) is 0.651. The van der Waals surface area contributed by atoms with Crippen molar-refractivity contribution in [2.45, 2.75) is 12.8 Å². The third-order valence-electron chi connectivity index (χ3n) is 1.97. The summed E-state index contributed by atoms with van der Waals surface area (Å²) in [6.07, 6.45) is 4.71. The molecule has 13 heavy (non-hydrogen) atoms. The Morgan fingerprint density at radius 3 is 3.00 bits per heavy atom. The van der Waals surface area contributed by atoms with Crippen LogP contribution in [0, 0.1) is 0 Å². The molecule has 2 rings (SSSR count). The summed E-state index contributed by atoms with van der Waals surface area (Å²) in [5.41, 5.74) is 0.696. The first-order chi connectivity index (χ1) is 6.38. The lowest BCUT2D eigenvalue weighted by molar-refractivity contribution is 0.0984. The van der Waals surface area contributed by atoms with Crippen LogP contribution in [0.25, 0.3) is 0 Å². The van der Waals surface area contributed by atoms with Gasteiger partial charge in [-0.3, -0.25) is 4.79 Å². The van der Waals surface area contributed by atoms with Crippen molar-refractivity contribution in [2.24, 2.45) is 0 Å². The van der Waals surface area contributed by atoms with E-state index in [4.69, 9.17) is 9.15 Å². The van der Waals surface area contributed by atoms with Gasteiger partial charge in [0.25, 0.3) is 0 Å². The maximum absolute atomic E-state index is 11.6. The van der Waals surface area contributed by atoms with Gasteiger partial charge in [-0.25, -0.2) is 0 Å². The lowest BCUT2D eigenvalue weighted by atomic mass is 10.0. The van der Waals surface area contributed by atoms with Crippen LogP contribution >= 0.6 is 0 Å². The Morgan fingerprint density at radius 2 is 2.38 bits per heavy atom. The molecule has 1 aromatic rings. The molecule has 0 aliphatic carbocycles. The largest absolute Gasteiger partial charge is 0.501 e. The molecule has 0 unspecified atom stereocenters. The van der Waals surface area contributed by atoms with E-state index < -0.39 is 0 Å². The van der Waals surface area contributed by atoms with Gasteiger partial charge >= 0.3 is 0 Å². The molecule has 2 heterocycles. The van der Waals surface area contributed by atoms with Gasteiger partial charge in [-0.05, 0) is 25.0 Å². The number of carbonyl (C=O) groups excluding carboxylic acids is 1.